The highest BCUT2D eigenvalue weighted by Gasteiger charge is 2.40. The Hall–Kier alpha value is -2.98. The lowest BCUT2D eigenvalue weighted by atomic mass is 10.1. The number of nitrogens with zero attached hydrogens (tertiary/aromatic N) is 2. The third-order valence-electron chi connectivity index (χ3n) is 3.76. The smallest absolute Gasteiger partial charge is 0.298 e. The zero-order valence-corrected chi connectivity index (χ0v) is 14.3. The average molecular weight is 395 g/mol. The minimum atomic E-state index is -4.92. The number of aromatic nitrogens is 2. The molecule has 0 spiro atoms. The lowest BCUT2D eigenvalue weighted by Crippen LogP contribution is -2.16. The van der Waals surface area contributed by atoms with Crippen molar-refractivity contribution in [1.82, 2.24) is 9.78 Å². The number of para-hydroxylation sites is 1. The molecule has 0 aliphatic carbocycles. The van der Waals surface area contributed by atoms with E-state index < -0.39 is 32.4 Å². The normalized spacial score (nSPS) is 12.1. The molecule has 1 aromatic heterocycles. The average Bonchev–Trinajstić information content (AvgIpc) is 3.01. The lowest BCUT2D eigenvalue weighted by Gasteiger charge is -2.12. The number of carbonyl (C=O) groups is 1. The van der Waals surface area contributed by atoms with Crippen molar-refractivity contribution in [2.45, 2.75) is 11.1 Å². The quantitative estimate of drug-likeness (QED) is 0.687. The fraction of sp³-hybridized carbons (Fsp3) is 0.0588. The second-order valence-electron chi connectivity index (χ2n) is 5.52. The van der Waals surface area contributed by atoms with Crippen molar-refractivity contribution < 1.29 is 26.4 Å². The Morgan fingerprint density at radius 3 is 2.15 bits per heavy atom. The number of nitrogens with two attached hydrogens (primary N) is 1. The van der Waals surface area contributed by atoms with Crippen LogP contribution in [0.3, 0.4) is 0 Å². The van der Waals surface area contributed by atoms with Gasteiger partial charge in [0.05, 0.1) is 16.9 Å². The monoisotopic (exact) mass is 395 g/mol. The standard InChI is InChI=1S/C17H12F3N3O3S/c18-17(19,20)16-12(10-24)15(11-6-2-1-3-7-11)23(22-16)13-8-4-5-9-14(13)27(21,25)26/h1-10H,(H2,21,25,26). The van der Waals surface area contributed by atoms with Crippen LogP contribution in [-0.2, 0) is 16.2 Å². The number of hydrogen-bond donors (Lipinski definition) is 1. The molecule has 3 rings (SSSR count). The largest absolute Gasteiger partial charge is 0.435 e. The van der Waals surface area contributed by atoms with Crippen molar-refractivity contribution in [1.29, 1.82) is 0 Å². The van der Waals surface area contributed by atoms with Gasteiger partial charge < -0.3 is 0 Å². The molecule has 0 bridgehead atoms. The van der Waals surface area contributed by atoms with Gasteiger partial charge in [-0.05, 0) is 12.1 Å². The van der Waals surface area contributed by atoms with Crippen molar-refractivity contribution in [3.05, 3.63) is 65.9 Å². The van der Waals surface area contributed by atoms with Gasteiger partial charge in [0.15, 0.2) is 12.0 Å². The third kappa shape index (κ3) is 3.49. The van der Waals surface area contributed by atoms with Crippen LogP contribution >= 0.6 is 0 Å². The predicted octanol–water partition coefficient (Wildman–Crippen LogP) is 3.02. The van der Waals surface area contributed by atoms with Gasteiger partial charge >= 0.3 is 6.18 Å². The molecule has 0 fully saturated rings. The van der Waals surface area contributed by atoms with Gasteiger partial charge in [0.25, 0.3) is 0 Å². The molecule has 0 aliphatic heterocycles. The summed E-state index contributed by atoms with van der Waals surface area (Å²) in [5.74, 6) is 0. The Morgan fingerprint density at radius 2 is 1.59 bits per heavy atom. The van der Waals surface area contributed by atoms with Gasteiger partial charge in [0, 0.05) is 5.56 Å². The zero-order valence-electron chi connectivity index (χ0n) is 13.5. The first-order valence-electron chi connectivity index (χ1n) is 7.47. The van der Waals surface area contributed by atoms with E-state index >= 15 is 0 Å². The second-order valence-corrected chi connectivity index (χ2v) is 7.05. The third-order valence-corrected chi connectivity index (χ3v) is 4.71. The van der Waals surface area contributed by atoms with Crippen molar-refractivity contribution in [3.8, 4) is 16.9 Å². The van der Waals surface area contributed by atoms with Crippen LogP contribution in [-0.4, -0.2) is 24.5 Å². The number of carbonyl (C=O) groups excluding carboxylic acids is 1. The maximum atomic E-state index is 13.4. The highest BCUT2D eigenvalue weighted by molar-refractivity contribution is 7.89. The highest BCUT2D eigenvalue weighted by atomic mass is 32.2. The van der Waals surface area contributed by atoms with E-state index in [4.69, 9.17) is 5.14 Å². The fourth-order valence-electron chi connectivity index (χ4n) is 2.67. The van der Waals surface area contributed by atoms with E-state index in [1.54, 1.807) is 18.2 Å². The molecule has 0 amide bonds. The first kappa shape index (κ1) is 18.8. The van der Waals surface area contributed by atoms with Crippen LogP contribution in [0.5, 0.6) is 0 Å². The summed E-state index contributed by atoms with van der Waals surface area (Å²) < 4.78 is 64.8. The molecule has 0 saturated heterocycles. The molecule has 0 unspecified atom stereocenters. The van der Waals surface area contributed by atoms with Crippen LogP contribution in [0.2, 0.25) is 0 Å². The summed E-state index contributed by atoms with van der Waals surface area (Å²) in [4.78, 5) is 11.1. The first-order valence-corrected chi connectivity index (χ1v) is 9.02. The Morgan fingerprint density at radius 1 is 1.00 bits per heavy atom. The topological polar surface area (TPSA) is 95.1 Å². The summed E-state index contributed by atoms with van der Waals surface area (Å²) in [7, 11) is -4.26. The Labute approximate surface area is 152 Å². The SMILES string of the molecule is NS(=O)(=O)c1ccccc1-n1nc(C(F)(F)F)c(C=O)c1-c1ccccc1. The van der Waals surface area contributed by atoms with Gasteiger partial charge in [-0.1, -0.05) is 42.5 Å². The number of alkyl halides is 3. The molecule has 1 heterocycles. The zero-order chi connectivity index (χ0) is 19.8. The minimum Gasteiger partial charge on any atom is -0.298 e. The van der Waals surface area contributed by atoms with E-state index in [1.807, 2.05) is 0 Å². The van der Waals surface area contributed by atoms with Crippen molar-refractivity contribution in [2.75, 3.05) is 0 Å². The summed E-state index contributed by atoms with van der Waals surface area (Å²) in [5, 5.41) is 8.70. The maximum Gasteiger partial charge on any atom is 0.435 e. The van der Waals surface area contributed by atoms with E-state index in [1.165, 1.54) is 30.3 Å². The van der Waals surface area contributed by atoms with Gasteiger partial charge in [-0.25, -0.2) is 18.2 Å². The van der Waals surface area contributed by atoms with Gasteiger partial charge in [-0.3, -0.25) is 4.79 Å². The van der Waals surface area contributed by atoms with E-state index in [-0.39, 0.29) is 23.2 Å². The summed E-state index contributed by atoms with van der Waals surface area (Å²) in [6.07, 6.45) is -4.87. The number of aldehydes is 1. The number of hydrogen-bond acceptors (Lipinski definition) is 4. The minimum absolute atomic E-state index is 0.0498. The molecule has 2 N–H and O–H groups in total. The second kappa shape index (κ2) is 6.63. The van der Waals surface area contributed by atoms with E-state index in [2.05, 4.69) is 5.10 Å². The summed E-state index contributed by atoms with van der Waals surface area (Å²) in [5.41, 5.74) is -2.24. The van der Waals surface area contributed by atoms with Crippen LogP contribution in [0.4, 0.5) is 13.2 Å². The first-order chi connectivity index (χ1) is 12.6. The van der Waals surface area contributed by atoms with Crippen LogP contribution in [0.15, 0.2) is 59.5 Å². The molecule has 0 saturated carbocycles. The molecule has 6 nitrogen and oxygen atoms in total. The number of halogens is 3. The number of primary sulfonamides is 1. The Kier molecular flexibility index (Phi) is 4.62. The van der Waals surface area contributed by atoms with Gasteiger partial charge in [-0.2, -0.15) is 18.3 Å². The Balaban J connectivity index is 2.45. The lowest BCUT2D eigenvalue weighted by molar-refractivity contribution is -0.141. The van der Waals surface area contributed by atoms with Gasteiger partial charge in [0.2, 0.25) is 10.0 Å². The number of rotatable bonds is 4. The predicted molar refractivity (Wildman–Crippen MR) is 90.8 cm³/mol. The maximum absolute atomic E-state index is 13.4. The molecular formula is C17H12F3N3O3S. The van der Waals surface area contributed by atoms with Gasteiger partial charge in [-0.15, -0.1) is 0 Å². The van der Waals surface area contributed by atoms with E-state index in [0.29, 0.717) is 0 Å². The molecule has 0 aliphatic rings. The van der Waals surface area contributed by atoms with Crippen LogP contribution < -0.4 is 5.14 Å². The Bertz CT molecular complexity index is 1110. The van der Waals surface area contributed by atoms with Crippen molar-refractivity contribution in [3.63, 3.8) is 0 Å². The molecule has 0 radical (unpaired) electrons. The summed E-state index contributed by atoms with van der Waals surface area (Å²) in [6, 6.07) is 13.0. The van der Waals surface area contributed by atoms with E-state index in [0.717, 1.165) is 10.7 Å². The van der Waals surface area contributed by atoms with Crippen LogP contribution in [0, 0.1) is 0 Å². The van der Waals surface area contributed by atoms with E-state index in [9.17, 15) is 26.4 Å². The molecule has 27 heavy (non-hydrogen) atoms. The molecule has 3 aromatic rings. The van der Waals surface area contributed by atoms with Crippen LogP contribution in [0.1, 0.15) is 16.1 Å². The van der Waals surface area contributed by atoms with Crippen molar-refractivity contribution in [2.24, 2.45) is 5.14 Å². The molecule has 0 atom stereocenters. The van der Waals surface area contributed by atoms with Crippen molar-refractivity contribution >= 4 is 16.3 Å². The van der Waals surface area contributed by atoms with Gasteiger partial charge in [0.1, 0.15) is 4.90 Å². The fourth-order valence-corrected chi connectivity index (χ4v) is 3.39. The molecule has 140 valence electrons. The number of sulfonamides is 1. The van der Waals surface area contributed by atoms with Crippen LogP contribution in [0.25, 0.3) is 16.9 Å². The highest BCUT2D eigenvalue weighted by Crippen LogP contribution is 2.37. The molecular weight excluding hydrogens is 383 g/mol. The molecule has 2 aromatic carbocycles. The summed E-state index contributed by atoms with van der Waals surface area (Å²) >= 11 is 0. The number of benzene rings is 2. The molecule has 10 heteroatoms. The summed E-state index contributed by atoms with van der Waals surface area (Å²) in [6.45, 7) is 0.